The monoisotopic (exact) mass is 672 g/mol. The zero-order chi connectivity index (χ0) is 34.0. The van der Waals surface area contributed by atoms with Gasteiger partial charge in [0.15, 0.2) is 18.8 Å². The summed E-state index contributed by atoms with van der Waals surface area (Å²) in [6.45, 7) is -2.73. The Morgan fingerprint density at radius 1 is 0.674 bits per heavy atom. The Morgan fingerprint density at radius 3 is 1.70 bits per heavy atom. The largest absolute Gasteiger partial charge is 0.454 e. The average molecular weight is 673 g/mol. The van der Waals surface area contributed by atoms with Gasteiger partial charge in [-0.05, 0) is 6.07 Å². The van der Waals surface area contributed by atoms with Gasteiger partial charge in [-0.15, -0.1) is 0 Å². The predicted octanol–water partition coefficient (Wildman–Crippen LogP) is -4.69. The lowest BCUT2D eigenvalue weighted by atomic mass is 9.96. The number of halogens is 1. The Kier molecular flexibility index (Phi) is 11.7. The molecule has 0 spiro atoms. The Morgan fingerprint density at radius 2 is 1.17 bits per heavy atom. The fourth-order valence-electron chi connectivity index (χ4n) is 5.10. The lowest BCUT2D eigenvalue weighted by Gasteiger charge is -2.47. The molecule has 3 saturated heterocycles. The van der Waals surface area contributed by atoms with Gasteiger partial charge >= 0.3 is 5.69 Å². The molecule has 0 aromatic heterocycles. The Balaban J connectivity index is 1.46. The van der Waals surface area contributed by atoms with E-state index in [0.29, 0.717) is 6.07 Å². The molecular weight excluding hydrogens is 639 g/mol. The second-order valence-corrected chi connectivity index (χ2v) is 10.5. The van der Waals surface area contributed by atoms with Crippen molar-refractivity contribution in [3.05, 3.63) is 38.4 Å². The number of aliphatic hydroxyl groups is 9. The number of nitrogens with zero attached hydrogens (tertiary/aromatic N) is 2. The van der Waals surface area contributed by atoms with Crippen LogP contribution in [0.15, 0.2) is 18.2 Å². The van der Waals surface area contributed by atoms with Crippen LogP contribution in [0.25, 0.3) is 0 Å². The molecule has 4 rings (SSSR count). The third-order valence-corrected chi connectivity index (χ3v) is 7.62. The van der Waals surface area contributed by atoms with Gasteiger partial charge in [0, 0.05) is 6.07 Å². The number of nitro benzene ring substituents is 2. The van der Waals surface area contributed by atoms with Crippen molar-refractivity contribution in [3.63, 3.8) is 0 Å². The van der Waals surface area contributed by atoms with Gasteiger partial charge in [-0.25, -0.2) is 4.39 Å². The highest BCUT2D eigenvalue weighted by Gasteiger charge is 2.54. The summed E-state index contributed by atoms with van der Waals surface area (Å²) in [6.07, 6.45) is -28.5. The summed E-state index contributed by atoms with van der Waals surface area (Å²) in [7, 11) is 0. The number of hydrogen-bond acceptors (Lipinski definition) is 19. The molecule has 22 heteroatoms. The van der Waals surface area contributed by atoms with Crippen LogP contribution in [-0.4, -0.2) is 168 Å². The molecule has 3 fully saturated rings. The molecule has 14 unspecified atom stereocenters. The fraction of sp³-hybridized carbons (Fsp3) is 0.750. The molecule has 260 valence electrons. The Labute approximate surface area is 256 Å². The first kappa shape index (κ1) is 36.0. The molecule has 0 radical (unpaired) electrons. The summed E-state index contributed by atoms with van der Waals surface area (Å²) in [5.74, 6) is -0.670. The highest BCUT2D eigenvalue weighted by Crippen LogP contribution is 2.36. The number of aliphatic hydroxyl groups excluding tert-OH is 9. The molecule has 0 amide bonds. The van der Waals surface area contributed by atoms with Crippen molar-refractivity contribution in [1.29, 1.82) is 0 Å². The van der Waals surface area contributed by atoms with E-state index in [1.807, 2.05) is 0 Å². The van der Waals surface area contributed by atoms with E-state index in [1.54, 1.807) is 0 Å². The molecule has 46 heavy (non-hydrogen) atoms. The van der Waals surface area contributed by atoms with Crippen molar-refractivity contribution in [2.75, 3.05) is 19.8 Å². The highest BCUT2D eigenvalue weighted by atomic mass is 19.1. The van der Waals surface area contributed by atoms with Crippen LogP contribution in [0.4, 0.5) is 15.8 Å². The quantitative estimate of drug-likeness (QED) is 0.0787. The van der Waals surface area contributed by atoms with Crippen LogP contribution in [0.2, 0.25) is 0 Å². The van der Waals surface area contributed by atoms with E-state index >= 15 is 4.39 Å². The molecule has 0 bridgehead atoms. The van der Waals surface area contributed by atoms with Crippen molar-refractivity contribution in [2.45, 2.75) is 92.2 Å². The molecular formula is C24H33FN2O19. The number of alkyl halides is 1. The summed E-state index contributed by atoms with van der Waals surface area (Å²) in [4.78, 5) is 20.4. The van der Waals surface area contributed by atoms with E-state index in [9.17, 15) is 66.2 Å². The normalized spacial score (nSPS) is 41.6. The molecule has 15 atom stereocenters. The fourth-order valence-corrected chi connectivity index (χ4v) is 5.10. The predicted molar refractivity (Wildman–Crippen MR) is 138 cm³/mol. The zero-order valence-electron chi connectivity index (χ0n) is 23.4. The van der Waals surface area contributed by atoms with Crippen LogP contribution < -0.4 is 4.74 Å². The summed E-state index contributed by atoms with van der Waals surface area (Å²) in [5, 5.41) is 114. The molecule has 21 nitrogen and oxygen atoms in total. The molecule has 0 saturated carbocycles. The topological polar surface area (TPSA) is 324 Å². The van der Waals surface area contributed by atoms with Gasteiger partial charge in [0.2, 0.25) is 12.0 Å². The van der Waals surface area contributed by atoms with Gasteiger partial charge in [0.1, 0.15) is 67.1 Å². The number of non-ortho nitro benzene ring substituents is 1. The van der Waals surface area contributed by atoms with E-state index in [-0.39, 0.29) is 0 Å². The number of benzene rings is 1. The minimum absolute atomic E-state index is 0.552. The Hall–Kier alpha value is -2.81. The highest BCUT2D eigenvalue weighted by molar-refractivity contribution is 5.53. The first-order valence-electron chi connectivity index (χ1n) is 13.7. The van der Waals surface area contributed by atoms with Crippen molar-refractivity contribution in [2.24, 2.45) is 0 Å². The first-order chi connectivity index (χ1) is 21.7. The molecule has 3 heterocycles. The standard InChI is InChI=1S/C24H33FN2O19/c25-13-15(32)20(11(5-29)43-22(13)41-9-2-1-7(26(37)38)3-8(9)27(39)40)45-24-19(36)17(34)21(12(6-30)44-24)46-23-18(35)16(33)14(31)10(4-28)42-23/h1-3,10-24,28-36H,4-6H2/t10?,11?,12?,13?,14?,15?,16?,17?,18?,19-,20?,21?,22?,23?,24?/m0/s1. The van der Waals surface area contributed by atoms with E-state index in [4.69, 9.17) is 28.4 Å². The van der Waals surface area contributed by atoms with Gasteiger partial charge in [0.25, 0.3) is 5.69 Å². The zero-order valence-corrected chi connectivity index (χ0v) is 23.4. The molecule has 3 aliphatic rings. The second kappa shape index (κ2) is 15.0. The van der Waals surface area contributed by atoms with Gasteiger partial charge in [-0.2, -0.15) is 0 Å². The Bertz CT molecular complexity index is 1210. The molecule has 3 aliphatic heterocycles. The van der Waals surface area contributed by atoms with Gasteiger partial charge in [-0.3, -0.25) is 20.2 Å². The average Bonchev–Trinajstić information content (AvgIpc) is 3.03. The smallest absolute Gasteiger partial charge is 0.317 e. The third-order valence-electron chi connectivity index (χ3n) is 7.62. The van der Waals surface area contributed by atoms with Crippen LogP contribution in [0.1, 0.15) is 0 Å². The number of hydrogen-bond donors (Lipinski definition) is 9. The molecule has 9 N–H and O–H groups in total. The molecule has 1 aromatic carbocycles. The van der Waals surface area contributed by atoms with Gasteiger partial charge < -0.3 is 74.4 Å². The maximum Gasteiger partial charge on any atom is 0.317 e. The minimum atomic E-state index is -2.55. The van der Waals surface area contributed by atoms with Crippen LogP contribution in [0.5, 0.6) is 5.75 Å². The van der Waals surface area contributed by atoms with Crippen molar-refractivity contribution in [3.8, 4) is 5.75 Å². The number of nitro groups is 2. The second-order valence-electron chi connectivity index (χ2n) is 10.5. The SMILES string of the molecule is O=[N+]([O-])c1ccc(OC2OC(CO)C(OC3OC(CO)C(OC4OC(CO)C(O)C(O)C4O)C(O)[C@@H]3O)C(O)C2F)c([N+](=O)[O-])c1. The summed E-state index contributed by atoms with van der Waals surface area (Å²) < 4.78 is 47.4. The maximum absolute atomic E-state index is 15.3. The summed E-state index contributed by atoms with van der Waals surface area (Å²) >= 11 is 0. The summed E-state index contributed by atoms with van der Waals surface area (Å²) in [6, 6.07) is 2.19. The van der Waals surface area contributed by atoms with Gasteiger partial charge in [0.05, 0.1) is 35.7 Å². The van der Waals surface area contributed by atoms with E-state index in [0.717, 1.165) is 12.1 Å². The van der Waals surface area contributed by atoms with Crippen molar-refractivity contribution < 1.29 is 88.6 Å². The van der Waals surface area contributed by atoms with E-state index in [1.165, 1.54) is 0 Å². The number of rotatable bonds is 11. The molecule has 0 aliphatic carbocycles. The minimum Gasteiger partial charge on any atom is -0.454 e. The van der Waals surface area contributed by atoms with Crippen LogP contribution in [0, 0.1) is 20.2 Å². The first-order valence-corrected chi connectivity index (χ1v) is 13.7. The molecule has 1 aromatic rings. The van der Waals surface area contributed by atoms with Crippen LogP contribution in [-0.2, 0) is 23.7 Å². The number of ether oxygens (including phenoxy) is 6. The third kappa shape index (κ3) is 7.19. The van der Waals surface area contributed by atoms with Gasteiger partial charge in [-0.1, -0.05) is 0 Å². The lowest BCUT2D eigenvalue weighted by molar-refractivity contribution is -0.395. The summed E-state index contributed by atoms with van der Waals surface area (Å²) in [5.41, 5.74) is -1.60. The maximum atomic E-state index is 15.3. The van der Waals surface area contributed by atoms with Crippen molar-refractivity contribution in [1.82, 2.24) is 0 Å². The van der Waals surface area contributed by atoms with E-state index < -0.39 is 139 Å². The van der Waals surface area contributed by atoms with E-state index in [2.05, 4.69) is 0 Å². The van der Waals surface area contributed by atoms with Crippen LogP contribution >= 0.6 is 0 Å². The van der Waals surface area contributed by atoms with Crippen LogP contribution in [0.3, 0.4) is 0 Å². The van der Waals surface area contributed by atoms with Crippen molar-refractivity contribution >= 4 is 11.4 Å². The lowest BCUT2D eigenvalue weighted by Crippen LogP contribution is -2.66.